The summed E-state index contributed by atoms with van der Waals surface area (Å²) < 4.78 is 1.48. The fourth-order valence-electron chi connectivity index (χ4n) is 1.65. The van der Waals surface area contributed by atoms with Gasteiger partial charge in [0, 0.05) is 0 Å². The first-order valence-electron chi connectivity index (χ1n) is 5.07. The Bertz CT molecular complexity index is 596. The van der Waals surface area contributed by atoms with Crippen LogP contribution in [-0.2, 0) is 6.61 Å². The molecule has 1 aromatic carbocycles. The van der Waals surface area contributed by atoms with Crippen molar-refractivity contribution in [1.29, 1.82) is 5.26 Å². The third kappa shape index (κ3) is 1.77. The minimum absolute atomic E-state index is 0.231. The highest BCUT2D eigenvalue weighted by Crippen LogP contribution is 2.20. The maximum absolute atomic E-state index is 9.11. The Balaban J connectivity index is 2.62. The van der Waals surface area contributed by atoms with E-state index in [0.29, 0.717) is 11.4 Å². The first-order valence-corrected chi connectivity index (χ1v) is 5.07. The minimum atomic E-state index is -0.231. The van der Waals surface area contributed by atoms with Gasteiger partial charge < -0.3 is 5.11 Å². The molecule has 1 N–H and O–H groups in total. The second kappa shape index (κ2) is 4.31. The van der Waals surface area contributed by atoms with Crippen LogP contribution in [0.4, 0.5) is 0 Å². The molecule has 6 heteroatoms. The van der Waals surface area contributed by atoms with Gasteiger partial charge in [0.15, 0.2) is 5.82 Å². The van der Waals surface area contributed by atoms with E-state index < -0.39 is 0 Å². The van der Waals surface area contributed by atoms with Crippen LogP contribution in [0, 0.1) is 25.2 Å². The van der Waals surface area contributed by atoms with Crippen molar-refractivity contribution >= 4 is 0 Å². The molecule has 0 saturated carbocycles. The summed E-state index contributed by atoms with van der Waals surface area (Å²) in [4.78, 5) is 0. The zero-order chi connectivity index (χ0) is 12.4. The molecule has 0 saturated heterocycles. The molecular formula is C11H11N5O. The molecule has 0 unspecified atom stereocenters. The van der Waals surface area contributed by atoms with Crippen LogP contribution in [0.1, 0.15) is 22.5 Å². The summed E-state index contributed by atoms with van der Waals surface area (Å²) in [5.41, 5.74) is 3.22. The fourth-order valence-corrected chi connectivity index (χ4v) is 1.65. The Kier molecular flexibility index (Phi) is 2.85. The first kappa shape index (κ1) is 11.2. The van der Waals surface area contributed by atoms with Crippen molar-refractivity contribution in [3.63, 3.8) is 0 Å². The normalized spacial score (nSPS) is 10.2. The minimum Gasteiger partial charge on any atom is -0.388 e. The van der Waals surface area contributed by atoms with Gasteiger partial charge in [-0.1, -0.05) is 0 Å². The molecule has 0 aliphatic carbocycles. The van der Waals surface area contributed by atoms with Gasteiger partial charge in [0.05, 0.1) is 17.3 Å². The van der Waals surface area contributed by atoms with Crippen LogP contribution in [0.15, 0.2) is 12.1 Å². The van der Waals surface area contributed by atoms with Crippen molar-refractivity contribution in [3.05, 3.63) is 34.6 Å². The number of tetrazole rings is 1. The maximum atomic E-state index is 9.11. The lowest BCUT2D eigenvalue weighted by Crippen LogP contribution is -2.06. The molecule has 86 valence electrons. The Morgan fingerprint density at radius 2 is 2.12 bits per heavy atom. The quantitative estimate of drug-likeness (QED) is 0.816. The summed E-state index contributed by atoms with van der Waals surface area (Å²) in [6, 6.07) is 5.62. The molecule has 0 atom stereocenters. The van der Waals surface area contributed by atoms with Gasteiger partial charge in [-0.2, -0.15) is 9.94 Å². The summed E-state index contributed by atoms with van der Waals surface area (Å²) in [6.07, 6.45) is 0. The van der Waals surface area contributed by atoms with Crippen LogP contribution < -0.4 is 0 Å². The van der Waals surface area contributed by atoms with Crippen LogP contribution in [0.5, 0.6) is 0 Å². The second-order valence-corrected chi connectivity index (χ2v) is 3.66. The van der Waals surface area contributed by atoms with E-state index in [2.05, 4.69) is 21.6 Å². The summed E-state index contributed by atoms with van der Waals surface area (Å²) in [7, 11) is 0. The summed E-state index contributed by atoms with van der Waals surface area (Å²) in [5.74, 6) is 0.372. The molecule has 6 nitrogen and oxygen atoms in total. The summed E-state index contributed by atoms with van der Waals surface area (Å²) in [5, 5.41) is 29.1. The van der Waals surface area contributed by atoms with Gasteiger partial charge in [0.25, 0.3) is 0 Å². The zero-order valence-corrected chi connectivity index (χ0v) is 9.55. The number of nitriles is 1. The standard InChI is InChI=1S/C11H11N5O/c1-7-8(2)10(4-3-9(7)5-12)16-11(6-17)13-14-15-16/h3-4,17H,6H2,1-2H3. The Morgan fingerprint density at radius 1 is 1.35 bits per heavy atom. The van der Waals surface area contributed by atoms with Gasteiger partial charge >= 0.3 is 0 Å². The van der Waals surface area contributed by atoms with Crippen molar-refractivity contribution in [2.75, 3.05) is 0 Å². The van der Waals surface area contributed by atoms with Crippen LogP contribution in [0.3, 0.4) is 0 Å². The van der Waals surface area contributed by atoms with Crippen LogP contribution in [-0.4, -0.2) is 25.3 Å². The molecule has 0 aliphatic heterocycles. The van der Waals surface area contributed by atoms with E-state index in [9.17, 15) is 0 Å². The maximum Gasteiger partial charge on any atom is 0.182 e. The molecule has 1 aromatic heterocycles. The molecule has 0 radical (unpaired) electrons. The molecule has 17 heavy (non-hydrogen) atoms. The third-order valence-electron chi connectivity index (χ3n) is 2.78. The predicted octanol–water partition coefficient (Wildman–Crippen LogP) is 0.643. The molecule has 0 amide bonds. The van der Waals surface area contributed by atoms with Crippen molar-refractivity contribution < 1.29 is 5.11 Å². The number of aromatic nitrogens is 4. The topological polar surface area (TPSA) is 87.6 Å². The van der Waals surface area contributed by atoms with E-state index in [1.165, 1.54) is 4.68 Å². The van der Waals surface area contributed by atoms with E-state index in [0.717, 1.165) is 16.8 Å². The van der Waals surface area contributed by atoms with Gasteiger partial charge in [0.1, 0.15) is 6.61 Å². The van der Waals surface area contributed by atoms with E-state index in [1.807, 2.05) is 13.8 Å². The molecular weight excluding hydrogens is 218 g/mol. The lowest BCUT2D eigenvalue weighted by atomic mass is 10.0. The van der Waals surface area contributed by atoms with E-state index in [4.69, 9.17) is 10.4 Å². The molecule has 1 heterocycles. The third-order valence-corrected chi connectivity index (χ3v) is 2.78. The van der Waals surface area contributed by atoms with E-state index in [-0.39, 0.29) is 6.61 Å². The first-order chi connectivity index (χ1) is 8.19. The van der Waals surface area contributed by atoms with Crippen molar-refractivity contribution in [1.82, 2.24) is 20.2 Å². The highest BCUT2D eigenvalue weighted by atomic mass is 16.3. The number of benzene rings is 1. The number of rotatable bonds is 2. The Morgan fingerprint density at radius 3 is 2.76 bits per heavy atom. The van der Waals surface area contributed by atoms with Crippen LogP contribution in [0.25, 0.3) is 5.69 Å². The number of nitrogens with zero attached hydrogens (tertiary/aromatic N) is 5. The number of hydrogen-bond acceptors (Lipinski definition) is 5. The number of aliphatic hydroxyl groups excluding tert-OH is 1. The molecule has 2 aromatic rings. The van der Waals surface area contributed by atoms with Gasteiger partial charge in [-0.25, -0.2) is 0 Å². The van der Waals surface area contributed by atoms with E-state index >= 15 is 0 Å². The summed E-state index contributed by atoms with van der Waals surface area (Å²) in [6.45, 7) is 3.54. The second-order valence-electron chi connectivity index (χ2n) is 3.66. The van der Waals surface area contributed by atoms with Gasteiger partial charge in [-0.15, -0.1) is 5.10 Å². The molecule has 0 aliphatic rings. The summed E-state index contributed by atoms with van der Waals surface area (Å²) >= 11 is 0. The lowest BCUT2D eigenvalue weighted by molar-refractivity contribution is 0.268. The van der Waals surface area contributed by atoms with Crippen molar-refractivity contribution in [3.8, 4) is 11.8 Å². The average molecular weight is 229 g/mol. The predicted molar refractivity (Wildman–Crippen MR) is 59.3 cm³/mol. The number of hydrogen-bond donors (Lipinski definition) is 1. The highest BCUT2D eigenvalue weighted by Gasteiger charge is 2.12. The zero-order valence-electron chi connectivity index (χ0n) is 9.55. The van der Waals surface area contributed by atoms with Crippen molar-refractivity contribution in [2.45, 2.75) is 20.5 Å². The van der Waals surface area contributed by atoms with Crippen LogP contribution in [0.2, 0.25) is 0 Å². The van der Waals surface area contributed by atoms with Gasteiger partial charge in [0.2, 0.25) is 0 Å². The molecule has 0 bridgehead atoms. The fraction of sp³-hybridized carbons (Fsp3) is 0.273. The molecule has 2 rings (SSSR count). The van der Waals surface area contributed by atoms with E-state index in [1.54, 1.807) is 12.1 Å². The lowest BCUT2D eigenvalue weighted by Gasteiger charge is -2.10. The highest BCUT2D eigenvalue weighted by molar-refractivity contribution is 5.51. The molecule has 0 fully saturated rings. The molecule has 0 spiro atoms. The Labute approximate surface area is 98.1 Å². The van der Waals surface area contributed by atoms with Gasteiger partial charge in [-0.05, 0) is 47.5 Å². The SMILES string of the molecule is Cc1c(C#N)ccc(-n2nnnc2CO)c1C. The Hall–Kier alpha value is -2.26. The van der Waals surface area contributed by atoms with Crippen LogP contribution >= 0.6 is 0 Å². The monoisotopic (exact) mass is 229 g/mol. The average Bonchev–Trinajstić information content (AvgIpc) is 2.80. The van der Waals surface area contributed by atoms with Gasteiger partial charge in [-0.3, -0.25) is 0 Å². The smallest absolute Gasteiger partial charge is 0.182 e. The largest absolute Gasteiger partial charge is 0.388 e. The number of aliphatic hydroxyl groups is 1. The van der Waals surface area contributed by atoms with Crippen molar-refractivity contribution in [2.24, 2.45) is 0 Å².